The van der Waals surface area contributed by atoms with E-state index in [1.165, 1.54) is 0 Å². The number of rotatable bonds is 4. The Morgan fingerprint density at radius 2 is 1.74 bits per heavy atom. The lowest BCUT2D eigenvalue weighted by Gasteiger charge is -2.48. The number of alkyl carbamates (subject to hydrolysis) is 1. The van der Waals surface area contributed by atoms with Crippen LogP contribution in [0.4, 0.5) is 13.6 Å². The molecule has 2 aliphatic heterocycles. The van der Waals surface area contributed by atoms with Crippen molar-refractivity contribution in [2.45, 2.75) is 50.7 Å². The van der Waals surface area contributed by atoms with E-state index < -0.39 is 36.0 Å². The van der Waals surface area contributed by atoms with Crippen molar-refractivity contribution in [3.8, 4) is 22.4 Å². The first-order chi connectivity index (χ1) is 18.4. The molecule has 3 aromatic rings. The van der Waals surface area contributed by atoms with E-state index in [-0.39, 0.29) is 6.02 Å². The number of hydrogen-bond donors (Lipinski definition) is 2. The van der Waals surface area contributed by atoms with Crippen molar-refractivity contribution < 1.29 is 23.4 Å². The zero-order valence-electron chi connectivity index (χ0n) is 21.7. The average Bonchev–Trinajstić information content (AvgIpc) is 2.85. The summed E-state index contributed by atoms with van der Waals surface area (Å²) < 4.78 is 37.7. The van der Waals surface area contributed by atoms with Crippen molar-refractivity contribution in [1.82, 2.24) is 19.9 Å². The van der Waals surface area contributed by atoms with Crippen LogP contribution in [-0.4, -0.2) is 44.5 Å². The summed E-state index contributed by atoms with van der Waals surface area (Å²) in [5, 5.41) is 12.6. The second-order valence-corrected chi connectivity index (χ2v) is 11.1. The molecule has 1 fully saturated rings. The Kier molecular flexibility index (Phi) is 5.42. The molecule has 1 aliphatic carbocycles. The van der Waals surface area contributed by atoms with Gasteiger partial charge in [0, 0.05) is 24.0 Å². The van der Waals surface area contributed by atoms with Crippen molar-refractivity contribution >= 4 is 24.0 Å². The Labute approximate surface area is 224 Å². The Bertz CT molecular complexity index is 1580. The van der Waals surface area contributed by atoms with Crippen molar-refractivity contribution in [3.63, 3.8) is 0 Å². The molecule has 0 bridgehead atoms. The fourth-order valence-electron chi connectivity index (χ4n) is 5.26. The van der Waals surface area contributed by atoms with Gasteiger partial charge in [-0.15, -0.1) is 4.90 Å². The van der Waals surface area contributed by atoms with Crippen molar-refractivity contribution in [2.24, 2.45) is 0 Å². The van der Waals surface area contributed by atoms with Crippen LogP contribution in [-0.2, 0) is 10.3 Å². The smallest absolute Gasteiger partial charge is 0.446 e. The number of aromatic nitrogens is 1. The zero-order chi connectivity index (χ0) is 27.6. The molecule has 7 nitrogen and oxygen atoms in total. The summed E-state index contributed by atoms with van der Waals surface area (Å²) in [6.07, 6.45) is 1.79. The van der Waals surface area contributed by atoms with Crippen LogP contribution >= 0.6 is 0 Å². The number of nitrogens with one attached hydrogen (secondary N) is 1. The number of carbonyl (C=O) groups is 1. The number of amides is 1. The van der Waals surface area contributed by atoms with E-state index in [9.17, 15) is 18.7 Å². The summed E-state index contributed by atoms with van der Waals surface area (Å²) in [5.41, 5.74) is 3.43. The van der Waals surface area contributed by atoms with Crippen LogP contribution in [0.15, 0.2) is 66.9 Å². The van der Waals surface area contributed by atoms with Crippen LogP contribution in [0.5, 0.6) is 0 Å². The van der Waals surface area contributed by atoms with Gasteiger partial charge in [-0.25, -0.2) is 18.6 Å². The van der Waals surface area contributed by atoms with Gasteiger partial charge in [0.1, 0.15) is 5.60 Å². The molecule has 1 amide bonds. The molecule has 39 heavy (non-hydrogen) atoms. The third-order valence-corrected chi connectivity index (χ3v) is 6.98. The number of carbonyl (C=O) groups excluding carboxylic acids is 1. The first-order valence-electron chi connectivity index (χ1n) is 12.7. The van der Waals surface area contributed by atoms with Crippen LogP contribution in [0.2, 0.25) is 0 Å². The van der Waals surface area contributed by atoms with Crippen molar-refractivity contribution in [3.05, 3.63) is 83.7 Å². The van der Waals surface area contributed by atoms with Crippen LogP contribution in [0.3, 0.4) is 0 Å². The van der Waals surface area contributed by atoms with E-state index in [2.05, 4.69) is 9.98 Å². The number of ether oxygens (including phenoxy) is 1. The predicted molar refractivity (Wildman–Crippen MR) is 145 cm³/mol. The first-order valence-corrected chi connectivity index (χ1v) is 12.7. The van der Waals surface area contributed by atoms with Crippen LogP contribution in [0.1, 0.15) is 50.4 Å². The molecule has 198 valence electrons. The van der Waals surface area contributed by atoms with E-state index in [4.69, 9.17) is 9.72 Å². The van der Waals surface area contributed by atoms with Gasteiger partial charge in [-0.2, -0.15) is 4.67 Å². The molecule has 3 heterocycles. The monoisotopic (exact) mass is 529 g/mol. The fourth-order valence-corrected chi connectivity index (χ4v) is 5.26. The van der Waals surface area contributed by atoms with E-state index in [1.54, 1.807) is 44.0 Å². The molecule has 9 heteroatoms. The first kappa shape index (κ1) is 24.8. The second-order valence-electron chi connectivity index (χ2n) is 11.1. The lowest BCUT2D eigenvalue weighted by molar-refractivity contribution is -0.136. The molecular weight excluding hydrogens is 502 g/mol. The number of halogens is 2. The number of fused-ring (bicyclic) bond motifs is 3. The van der Waals surface area contributed by atoms with Gasteiger partial charge in [0.25, 0.3) is 5.92 Å². The molecule has 0 saturated heterocycles. The maximum absolute atomic E-state index is 14.1. The molecule has 1 saturated carbocycles. The number of amidine groups is 2. The molecule has 0 atom stereocenters. The standard InChI is InChI=1S/C30H26F2N4O3/c1-28(2,3)39-27(38)35-29(16-30(31,32)17-29)20-11-9-19(10-12-20)24-21(18-7-5-4-6-8-18)15-22-23(33-24)13-14-36-25(22)34-26(36)37/h4-15H,16-17H2,1-3H3,(H,35,38)/p+1. The number of nitrogens with zero attached hydrogens (tertiary/aromatic N) is 3. The third kappa shape index (κ3) is 4.45. The van der Waals surface area contributed by atoms with Crippen LogP contribution in [0.25, 0.3) is 28.5 Å². The van der Waals surface area contributed by atoms with E-state index >= 15 is 0 Å². The molecule has 0 radical (unpaired) electrons. The van der Waals surface area contributed by atoms with Gasteiger partial charge < -0.3 is 15.2 Å². The van der Waals surface area contributed by atoms with Crippen LogP contribution in [0, 0.1) is 0 Å². The fraction of sp³-hybridized carbons (Fsp3) is 0.267. The van der Waals surface area contributed by atoms with Crippen molar-refractivity contribution in [2.75, 3.05) is 0 Å². The quantitative estimate of drug-likeness (QED) is 0.430. The number of aliphatic hydroxyl groups is 1. The topological polar surface area (TPSA) is 88.8 Å². The van der Waals surface area contributed by atoms with E-state index in [0.29, 0.717) is 22.8 Å². The summed E-state index contributed by atoms with van der Waals surface area (Å²) in [6.45, 7) is 5.18. The van der Waals surface area contributed by atoms with Crippen molar-refractivity contribution in [1.29, 1.82) is 0 Å². The number of benzene rings is 2. The minimum absolute atomic E-state index is 0.0664. The Morgan fingerprint density at radius 1 is 1.05 bits per heavy atom. The summed E-state index contributed by atoms with van der Waals surface area (Å²) in [5.74, 6) is -2.25. The van der Waals surface area contributed by atoms with Gasteiger partial charge in [0.05, 0.1) is 28.7 Å². The summed E-state index contributed by atoms with van der Waals surface area (Å²) in [4.78, 5) is 19.1. The Morgan fingerprint density at radius 3 is 2.36 bits per heavy atom. The lowest BCUT2D eigenvalue weighted by atomic mass is 9.69. The maximum atomic E-state index is 14.1. The average molecular weight is 530 g/mol. The maximum Gasteiger partial charge on any atom is 0.497 e. The minimum Gasteiger partial charge on any atom is -0.446 e. The largest absolute Gasteiger partial charge is 0.497 e. The molecule has 6 rings (SSSR count). The van der Waals surface area contributed by atoms with E-state index in [1.807, 2.05) is 54.6 Å². The Hall–Kier alpha value is -4.49. The predicted octanol–water partition coefficient (Wildman–Crippen LogP) is 5.59. The highest BCUT2D eigenvalue weighted by atomic mass is 19.3. The molecular formula is C30H27F2N4O3+. The molecule has 0 unspecified atom stereocenters. The van der Waals surface area contributed by atoms with Gasteiger partial charge in [0.15, 0.2) is 0 Å². The number of aliphatic hydroxyl groups excluding tert-OH is 1. The molecule has 0 spiro atoms. The van der Waals surface area contributed by atoms with Crippen LogP contribution < -0.4 is 9.98 Å². The minimum atomic E-state index is -2.87. The lowest BCUT2D eigenvalue weighted by Crippen LogP contribution is -2.60. The molecule has 2 N–H and O–H groups in total. The number of pyridine rings is 1. The van der Waals surface area contributed by atoms with Gasteiger partial charge in [-0.3, -0.25) is 0 Å². The summed E-state index contributed by atoms with van der Waals surface area (Å²) >= 11 is 0. The highest BCUT2D eigenvalue weighted by Gasteiger charge is 2.58. The van der Waals surface area contributed by atoms with Gasteiger partial charge >= 0.3 is 18.0 Å². The normalized spacial score (nSPS) is 18.0. The third-order valence-electron chi connectivity index (χ3n) is 6.98. The number of alkyl halides is 2. The summed E-state index contributed by atoms with van der Waals surface area (Å²) in [7, 11) is 0. The molecule has 2 aromatic carbocycles. The SMILES string of the molecule is CC(C)(C)OC(=O)NC1(c2ccc(-c3nc4c(cc3-c3ccccc3)C3=[N+]=C(O)N3C=C4)cc2)CC(F)(F)C1. The Balaban J connectivity index is 1.39. The van der Waals surface area contributed by atoms with Gasteiger partial charge in [0.2, 0.25) is 0 Å². The van der Waals surface area contributed by atoms with Gasteiger partial charge in [-0.05, 0) is 44.0 Å². The highest BCUT2D eigenvalue weighted by molar-refractivity contribution is 6.17. The number of hydrogen-bond acceptors (Lipinski definition) is 4. The van der Waals surface area contributed by atoms with E-state index in [0.717, 1.165) is 22.3 Å². The molecule has 1 aromatic heterocycles. The van der Waals surface area contributed by atoms with Gasteiger partial charge in [-0.1, -0.05) is 54.6 Å². The second kappa shape index (κ2) is 8.51. The zero-order valence-corrected chi connectivity index (χ0v) is 21.7. The summed E-state index contributed by atoms with van der Waals surface area (Å²) in [6, 6.07) is 18.9. The molecule has 3 aliphatic rings. The highest BCUT2D eigenvalue weighted by Crippen LogP contribution is 2.52.